The molecule has 0 aromatic heterocycles. The normalized spacial score (nSPS) is 17.0. The Hall–Kier alpha value is -2.09. The van der Waals surface area contributed by atoms with E-state index in [0.29, 0.717) is 21.9 Å². The Morgan fingerprint density at radius 3 is 2.71 bits per heavy atom. The summed E-state index contributed by atoms with van der Waals surface area (Å²) in [5, 5.41) is 3.20. The highest BCUT2D eigenvalue weighted by molar-refractivity contribution is 7.80. The second kappa shape index (κ2) is 6.43. The first-order valence-electron chi connectivity index (χ1n) is 7.03. The maximum atomic E-state index is 13.0. The Morgan fingerprint density at radius 1 is 1.21 bits per heavy atom. The Balaban J connectivity index is 1.80. The Morgan fingerprint density at radius 2 is 1.96 bits per heavy atom. The summed E-state index contributed by atoms with van der Waals surface area (Å²) >= 11 is 4.30. The number of alkyl halides is 4. The lowest BCUT2D eigenvalue weighted by Crippen LogP contribution is -2.33. The molecule has 128 valence electrons. The van der Waals surface area contributed by atoms with Crippen LogP contribution in [-0.4, -0.2) is 19.1 Å². The van der Waals surface area contributed by atoms with Crippen LogP contribution in [0.5, 0.6) is 11.5 Å². The molecule has 1 aliphatic heterocycles. The van der Waals surface area contributed by atoms with Crippen LogP contribution in [0.3, 0.4) is 0 Å². The van der Waals surface area contributed by atoms with Crippen molar-refractivity contribution in [2.24, 2.45) is 0 Å². The topological polar surface area (TPSA) is 30.5 Å². The Labute approximate surface area is 141 Å². The highest BCUT2D eigenvalue weighted by Crippen LogP contribution is 2.38. The predicted molar refractivity (Wildman–Crippen MR) is 83.6 cm³/mol. The molecule has 0 saturated heterocycles. The lowest BCUT2D eigenvalue weighted by Gasteiger charge is -2.29. The highest BCUT2D eigenvalue weighted by atomic mass is 32.1. The van der Waals surface area contributed by atoms with E-state index in [2.05, 4.69) is 22.7 Å². The number of benzene rings is 2. The zero-order valence-corrected chi connectivity index (χ0v) is 13.1. The fraction of sp³-hybridized carbons (Fsp3) is 0.250. The summed E-state index contributed by atoms with van der Waals surface area (Å²) in [4.78, 5) is 0.673. The number of hydrogen-bond acceptors (Lipinski definition) is 4. The highest BCUT2D eigenvalue weighted by Gasteiger charge is 2.44. The van der Waals surface area contributed by atoms with Crippen molar-refractivity contribution in [1.29, 1.82) is 0 Å². The van der Waals surface area contributed by atoms with Crippen molar-refractivity contribution in [3.05, 3.63) is 48.0 Å². The van der Waals surface area contributed by atoms with Gasteiger partial charge in [-0.05, 0) is 29.8 Å². The van der Waals surface area contributed by atoms with Gasteiger partial charge in [0.05, 0.1) is 11.7 Å². The van der Waals surface area contributed by atoms with Crippen LogP contribution in [0.2, 0.25) is 0 Å². The quantitative estimate of drug-likeness (QED) is 0.610. The Kier molecular flexibility index (Phi) is 4.49. The summed E-state index contributed by atoms with van der Waals surface area (Å²) in [6.45, 7) is 0.235. The van der Waals surface area contributed by atoms with Crippen molar-refractivity contribution in [3.8, 4) is 11.5 Å². The number of ether oxygens (including phenoxy) is 2. The predicted octanol–water partition coefficient (Wildman–Crippen LogP) is 4.76. The first-order valence-corrected chi connectivity index (χ1v) is 7.48. The molecule has 0 fully saturated rings. The molecular formula is C16H13F4NO2S. The van der Waals surface area contributed by atoms with E-state index in [0.717, 1.165) is 0 Å². The fourth-order valence-electron chi connectivity index (χ4n) is 2.36. The molecule has 0 spiro atoms. The SMILES string of the molecule is FC(F)C(F)(F)Oc1cccc([C@H]2COc3c(S)cccc3N2)c1. The lowest BCUT2D eigenvalue weighted by molar-refractivity contribution is -0.253. The van der Waals surface area contributed by atoms with Crippen LogP contribution in [-0.2, 0) is 0 Å². The molecule has 0 saturated carbocycles. The number of rotatable bonds is 4. The second-order valence-corrected chi connectivity index (χ2v) is 5.68. The zero-order chi connectivity index (χ0) is 17.3. The molecule has 8 heteroatoms. The number of nitrogens with one attached hydrogen (secondary N) is 1. The van der Waals surface area contributed by atoms with E-state index in [1.165, 1.54) is 18.2 Å². The van der Waals surface area contributed by atoms with Crippen molar-refractivity contribution >= 4 is 18.3 Å². The number of thiol groups is 1. The minimum absolute atomic E-state index is 0.235. The molecule has 3 rings (SSSR count). The number of hydrogen-bond donors (Lipinski definition) is 2. The molecule has 2 aromatic rings. The number of fused-ring (bicyclic) bond motifs is 1. The maximum Gasteiger partial charge on any atom is 0.461 e. The molecule has 0 bridgehead atoms. The van der Waals surface area contributed by atoms with Crippen LogP contribution in [0.1, 0.15) is 11.6 Å². The van der Waals surface area contributed by atoms with Crippen LogP contribution in [0, 0.1) is 0 Å². The standard InChI is InChI=1S/C16H13F4NO2S/c17-15(18)16(19,20)23-10-4-1-3-9(7-10)12-8-22-14-11(21-12)5-2-6-13(14)24/h1-7,12,15,21,24H,8H2/t12-/m1/s1. The molecule has 3 nitrogen and oxygen atoms in total. The van der Waals surface area contributed by atoms with Crippen molar-refractivity contribution in [2.45, 2.75) is 23.5 Å². The van der Waals surface area contributed by atoms with Gasteiger partial charge in [-0.1, -0.05) is 18.2 Å². The zero-order valence-electron chi connectivity index (χ0n) is 12.2. The van der Waals surface area contributed by atoms with E-state index >= 15 is 0 Å². The molecule has 1 heterocycles. The number of anilines is 1. The van der Waals surface area contributed by atoms with Gasteiger partial charge in [0.1, 0.15) is 12.4 Å². The van der Waals surface area contributed by atoms with E-state index in [1.807, 2.05) is 0 Å². The van der Waals surface area contributed by atoms with Gasteiger partial charge in [0.2, 0.25) is 0 Å². The fourth-order valence-corrected chi connectivity index (χ4v) is 2.63. The van der Waals surface area contributed by atoms with Crippen LogP contribution in [0.25, 0.3) is 0 Å². The Bertz CT molecular complexity index is 742. The number of para-hydroxylation sites is 1. The van der Waals surface area contributed by atoms with Crippen molar-refractivity contribution in [3.63, 3.8) is 0 Å². The average molecular weight is 359 g/mol. The summed E-state index contributed by atoms with van der Waals surface area (Å²) in [7, 11) is 0. The molecule has 1 N–H and O–H groups in total. The van der Waals surface area contributed by atoms with Crippen LogP contribution < -0.4 is 14.8 Å². The summed E-state index contributed by atoms with van der Waals surface area (Å²) in [5.41, 5.74) is 1.29. The van der Waals surface area contributed by atoms with E-state index in [9.17, 15) is 17.6 Å². The van der Waals surface area contributed by atoms with Gasteiger partial charge < -0.3 is 14.8 Å². The van der Waals surface area contributed by atoms with E-state index in [1.54, 1.807) is 24.3 Å². The third-order valence-corrected chi connectivity index (χ3v) is 3.84. The minimum Gasteiger partial charge on any atom is -0.488 e. The minimum atomic E-state index is -4.54. The third-order valence-electron chi connectivity index (χ3n) is 3.49. The van der Waals surface area contributed by atoms with Gasteiger partial charge in [-0.2, -0.15) is 17.6 Å². The van der Waals surface area contributed by atoms with Gasteiger partial charge in [-0.25, -0.2) is 0 Å². The molecule has 24 heavy (non-hydrogen) atoms. The molecule has 0 unspecified atom stereocenters. The first kappa shape index (κ1) is 16.8. The molecule has 0 radical (unpaired) electrons. The maximum absolute atomic E-state index is 13.0. The second-order valence-electron chi connectivity index (χ2n) is 5.20. The van der Waals surface area contributed by atoms with Gasteiger partial charge in [0.15, 0.2) is 5.75 Å². The van der Waals surface area contributed by atoms with Crippen LogP contribution in [0.15, 0.2) is 47.4 Å². The van der Waals surface area contributed by atoms with Crippen LogP contribution in [0.4, 0.5) is 23.2 Å². The van der Waals surface area contributed by atoms with Gasteiger partial charge in [-0.3, -0.25) is 0 Å². The smallest absolute Gasteiger partial charge is 0.461 e. The summed E-state index contributed by atoms with van der Waals surface area (Å²) < 4.78 is 60.3. The monoisotopic (exact) mass is 359 g/mol. The van der Waals surface area contributed by atoms with Crippen molar-refractivity contribution in [2.75, 3.05) is 11.9 Å². The number of halogens is 4. The molecular weight excluding hydrogens is 346 g/mol. The van der Waals surface area contributed by atoms with E-state index in [4.69, 9.17) is 4.74 Å². The third kappa shape index (κ3) is 3.38. The summed E-state index contributed by atoms with van der Waals surface area (Å²) in [6.07, 6.45) is -8.44. The van der Waals surface area contributed by atoms with Gasteiger partial charge in [0, 0.05) is 4.90 Å². The molecule has 1 atom stereocenters. The van der Waals surface area contributed by atoms with Gasteiger partial charge in [0.25, 0.3) is 0 Å². The van der Waals surface area contributed by atoms with E-state index < -0.39 is 12.5 Å². The molecule has 0 aliphatic carbocycles. The van der Waals surface area contributed by atoms with Gasteiger partial charge in [-0.15, -0.1) is 12.6 Å². The van der Waals surface area contributed by atoms with Gasteiger partial charge >= 0.3 is 12.5 Å². The van der Waals surface area contributed by atoms with E-state index in [-0.39, 0.29) is 18.4 Å². The largest absolute Gasteiger partial charge is 0.488 e. The lowest BCUT2D eigenvalue weighted by atomic mass is 10.1. The first-order chi connectivity index (χ1) is 11.4. The average Bonchev–Trinajstić information content (AvgIpc) is 2.54. The molecule has 2 aromatic carbocycles. The molecule has 0 amide bonds. The van der Waals surface area contributed by atoms with Crippen LogP contribution >= 0.6 is 12.6 Å². The molecule has 1 aliphatic rings. The summed E-state index contributed by atoms with van der Waals surface area (Å²) in [5.74, 6) is 0.266. The summed E-state index contributed by atoms with van der Waals surface area (Å²) in [6, 6.07) is 10.6. The van der Waals surface area contributed by atoms with Crippen molar-refractivity contribution < 1.29 is 27.0 Å². The van der Waals surface area contributed by atoms with Crippen molar-refractivity contribution in [1.82, 2.24) is 0 Å².